The summed E-state index contributed by atoms with van der Waals surface area (Å²) in [5.74, 6) is 0.633. The highest BCUT2D eigenvalue weighted by atomic mass is 35.5. The van der Waals surface area contributed by atoms with Gasteiger partial charge in [-0.25, -0.2) is 0 Å². The summed E-state index contributed by atoms with van der Waals surface area (Å²) in [7, 11) is 0. The third-order valence-corrected chi connectivity index (χ3v) is 3.49. The zero-order valence-corrected chi connectivity index (χ0v) is 12.0. The fraction of sp³-hybridized carbons (Fsp3) is 0.438. The van der Waals surface area contributed by atoms with Crippen molar-refractivity contribution in [1.82, 2.24) is 4.98 Å². The Morgan fingerprint density at radius 3 is 2.67 bits per heavy atom. The van der Waals surface area contributed by atoms with Gasteiger partial charge in [-0.2, -0.15) is 0 Å². The van der Waals surface area contributed by atoms with Crippen molar-refractivity contribution in [2.75, 3.05) is 0 Å². The summed E-state index contributed by atoms with van der Waals surface area (Å²) in [6.45, 7) is 6.53. The molecule has 1 unspecified atom stereocenters. The molecule has 0 amide bonds. The SMILES string of the molecule is Cc1cc2ccccc2nc1CC(Cl)CC(C)C. The molecule has 0 aliphatic rings. The summed E-state index contributed by atoms with van der Waals surface area (Å²) in [6.07, 6.45) is 1.89. The Kier molecular flexibility index (Phi) is 4.23. The molecule has 1 heterocycles. The number of aryl methyl sites for hydroxylation is 1. The van der Waals surface area contributed by atoms with Crippen LogP contribution >= 0.6 is 11.6 Å². The molecule has 1 nitrogen and oxygen atoms in total. The number of benzene rings is 1. The summed E-state index contributed by atoms with van der Waals surface area (Å²) in [5.41, 5.74) is 3.43. The van der Waals surface area contributed by atoms with Gasteiger partial charge in [0.05, 0.1) is 5.52 Å². The molecule has 18 heavy (non-hydrogen) atoms. The Balaban J connectivity index is 2.25. The van der Waals surface area contributed by atoms with E-state index < -0.39 is 0 Å². The Morgan fingerprint density at radius 2 is 1.94 bits per heavy atom. The van der Waals surface area contributed by atoms with Crippen molar-refractivity contribution in [3.8, 4) is 0 Å². The number of fused-ring (bicyclic) bond motifs is 1. The van der Waals surface area contributed by atoms with Crippen LogP contribution in [0.1, 0.15) is 31.5 Å². The lowest BCUT2D eigenvalue weighted by Crippen LogP contribution is -2.09. The van der Waals surface area contributed by atoms with Gasteiger partial charge in [0.25, 0.3) is 0 Å². The zero-order valence-electron chi connectivity index (χ0n) is 11.3. The van der Waals surface area contributed by atoms with E-state index in [9.17, 15) is 0 Å². The molecule has 1 aromatic heterocycles. The standard InChI is InChI=1S/C16H20ClN/c1-11(2)8-14(17)10-16-12(3)9-13-6-4-5-7-15(13)18-16/h4-7,9,11,14H,8,10H2,1-3H3. The third-order valence-electron chi connectivity index (χ3n) is 3.16. The van der Waals surface area contributed by atoms with E-state index in [1.165, 1.54) is 10.9 Å². The lowest BCUT2D eigenvalue weighted by atomic mass is 10.0. The maximum atomic E-state index is 6.39. The van der Waals surface area contributed by atoms with Crippen LogP contribution in [0, 0.1) is 12.8 Å². The topological polar surface area (TPSA) is 12.9 Å². The van der Waals surface area contributed by atoms with Crippen molar-refractivity contribution in [2.45, 2.75) is 39.0 Å². The summed E-state index contributed by atoms with van der Waals surface area (Å²) in [6, 6.07) is 10.4. The minimum absolute atomic E-state index is 0.178. The molecule has 2 aromatic rings. The smallest absolute Gasteiger partial charge is 0.0705 e. The van der Waals surface area contributed by atoms with Gasteiger partial charge >= 0.3 is 0 Å². The molecule has 0 spiro atoms. The molecule has 96 valence electrons. The third kappa shape index (κ3) is 3.23. The maximum Gasteiger partial charge on any atom is 0.0705 e. The van der Waals surface area contributed by atoms with Gasteiger partial charge < -0.3 is 0 Å². The lowest BCUT2D eigenvalue weighted by Gasteiger charge is -2.13. The highest BCUT2D eigenvalue weighted by molar-refractivity contribution is 6.20. The van der Waals surface area contributed by atoms with Gasteiger partial charge in [0.1, 0.15) is 0 Å². The van der Waals surface area contributed by atoms with E-state index in [2.05, 4.69) is 39.0 Å². The lowest BCUT2D eigenvalue weighted by molar-refractivity contribution is 0.558. The summed E-state index contributed by atoms with van der Waals surface area (Å²) in [5, 5.41) is 1.38. The molecule has 1 aromatic carbocycles. The van der Waals surface area contributed by atoms with Gasteiger partial charge in [-0.3, -0.25) is 4.98 Å². The summed E-state index contributed by atoms with van der Waals surface area (Å²) in [4.78, 5) is 4.74. The monoisotopic (exact) mass is 261 g/mol. The number of pyridine rings is 1. The normalized spacial score (nSPS) is 13.2. The van der Waals surface area contributed by atoms with Gasteiger partial charge in [0.15, 0.2) is 0 Å². The second kappa shape index (κ2) is 5.71. The highest BCUT2D eigenvalue weighted by Crippen LogP contribution is 2.20. The number of nitrogens with zero attached hydrogens (tertiary/aromatic N) is 1. The van der Waals surface area contributed by atoms with Crippen LogP contribution in [-0.4, -0.2) is 10.4 Å². The van der Waals surface area contributed by atoms with E-state index in [1.807, 2.05) is 12.1 Å². The second-order valence-corrected chi connectivity index (χ2v) is 5.99. The number of alkyl halides is 1. The van der Waals surface area contributed by atoms with Crippen molar-refractivity contribution in [3.05, 3.63) is 41.6 Å². The molecule has 0 saturated heterocycles. The molecular formula is C16H20ClN. The number of hydrogen-bond acceptors (Lipinski definition) is 1. The fourth-order valence-electron chi connectivity index (χ4n) is 2.27. The summed E-state index contributed by atoms with van der Waals surface area (Å²) < 4.78 is 0. The molecule has 2 heteroatoms. The second-order valence-electron chi connectivity index (χ2n) is 5.38. The maximum absolute atomic E-state index is 6.39. The van der Waals surface area contributed by atoms with Crippen molar-refractivity contribution >= 4 is 22.5 Å². The minimum Gasteiger partial charge on any atom is -0.253 e. The van der Waals surface area contributed by atoms with Gasteiger partial charge in [-0.1, -0.05) is 32.0 Å². The predicted octanol–water partition coefficient (Wildman–Crippen LogP) is 4.74. The van der Waals surface area contributed by atoms with Crippen molar-refractivity contribution in [2.24, 2.45) is 5.92 Å². The average Bonchev–Trinajstić information content (AvgIpc) is 2.29. The molecule has 0 bridgehead atoms. The molecule has 1 atom stereocenters. The molecule has 2 rings (SSSR count). The van der Waals surface area contributed by atoms with Crippen LogP contribution in [0.5, 0.6) is 0 Å². The molecule has 0 N–H and O–H groups in total. The Labute approximate surface area is 114 Å². The van der Waals surface area contributed by atoms with E-state index in [0.717, 1.165) is 24.1 Å². The molecule has 0 saturated carbocycles. The number of rotatable bonds is 4. The van der Waals surface area contributed by atoms with Crippen molar-refractivity contribution in [3.63, 3.8) is 0 Å². The van der Waals surface area contributed by atoms with Gasteiger partial charge in [-0.15, -0.1) is 11.6 Å². The van der Waals surface area contributed by atoms with Crippen LogP contribution in [0.15, 0.2) is 30.3 Å². The van der Waals surface area contributed by atoms with Crippen LogP contribution in [0.25, 0.3) is 10.9 Å². The van der Waals surface area contributed by atoms with Crippen LogP contribution in [0.4, 0.5) is 0 Å². The van der Waals surface area contributed by atoms with Crippen molar-refractivity contribution < 1.29 is 0 Å². The summed E-state index contributed by atoms with van der Waals surface area (Å²) >= 11 is 6.39. The van der Waals surface area contributed by atoms with Gasteiger partial charge in [-0.05, 0) is 37.0 Å². The average molecular weight is 262 g/mol. The molecule has 0 radical (unpaired) electrons. The van der Waals surface area contributed by atoms with Crippen LogP contribution in [0.2, 0.25) is 0 Å². The number of para-hydroxylation sites is 1. The van der Waals surface area contributed by atoms with Gasteiger partial charge in [0, 0.05) is 22.9 Å². The van der Waals surface area contributed by atoms with Crippen LogP contribution in [-0.2, 0) is 6.42 Å². The van der Waals surface area contributed by atoms with Gasteiger partial charge in [0.2, 0.25) is 0 Å². The zero-order chi connectivity index (χ0) is 13.1. The van der Waals surface area contributed by atoms with E-state index >= 15 is 0 Å². The minimum atomic E-state index is 0.178. The first-order valence-corrected chi connectivity index (χ1v) is 6.99. The van der Waals surface area contributed by atoms with E-state index in [4.69, 9.17) is 16.6 Å². The van der Waals surface area contributed by atoms with E-state index in [-0.39, 0.29) is 5.38 Å². The first-order chi connectivity index (χ1) is 8.56. The molecule has 0 fully saturated rings. The Morgan fingerprint density at radius 1 is 1.22 bits per heavy atom. The largest absolute Gasteiger partial charge is 0.253 e. The fourth-order valence-corrected chi connectivity index (χ4v) is 2.78. The molecule has 0 aliphatic carbocycles. The molecule has 0 aliphatic heterocycles. The first kappa shape index (κ1) is 13.4. The Hall–Kier alpha value is -1.08. The van der Waals surface area contributed by atoms with E-state index in [1.54, 1.807) is 0 Å². The van der Waals surface area contributed by atoms with E-state index in [0.29, 0.717) is 5.92 Å². The number of aromatic nitrogens is 1. The Bertz CT molecular complexity index is 534. The highest BCUT2D eigenvalue weighted by Gasteiger charge is 2.11. The number of halogens is 1. The first-order valence-electron chi connectivity index (χ1n) is 6.55. The predicted molar refractivity (Wildman–Crippen MR) is 79.3 cm³/mol. The van der Waals surface area contributed by atoms with Crippen molar-refractivity contribution in [1.29, 1.82) is 0 Å². The molecular weight excluding hydrogens is 242 g/mol. The van der Waals surface area contributed by atoms with Crippen LogP contribution in [0.3, 0.4) is 0 Å². The van der Waals surface area contributed by atoms with Crippen LogP contribution < -0.4 is 0 Å². The number of hydrogen-bond donors (Lipinski definition) is 0. The quantitative estimate of drug-likeness (QED) is 0.725.